The van der Waals surface area contributed by atoms with Gasteiger partial charge in [-0.1, -0.05) is 110 Å². The van der Waals surface area contributed by atoms with E-state index in [0.29, 0.717) is 3.92 Å². The molecule has 0 saturated heterocycles. The van der Waals surface area contributed by atoms with Crippen molar-refractivity contribution in [3.63, 3.8) is 0 Å². The van der Waals surface area contributed by atoms with Gasteiger partial charge in [-0.25, -0.2) is 0 Å². The summed E-state index contributed by atoms with van der Waals surface area (Å²) < 4.78 is 7.70. The molecule has 0 aliphatic carbocycles. The molecule has 0 saturated carbocycles. The Labute approximate surface area is 162 Å². The van der Waals surface area contributed by atoms with Crippen LogP contribution in [0, 0.1) is 0 Å². The highest BCUT2D eigenvalue weighted by molar-refractivity contribution is 14.1. The number of hydrogen-bond donors (Lipinski definition) is 0. The smallest absolute Gasteiger partial charge is 0.240 e. The Hall–Kier alpha value is -0.436. The van der Waals surface area contributed by atoms with E-state index in [4.69, 9.17) is 4.43 Å². The summed E-state index contributed by atoms with van der Waals surface area (Å²) in [5.41, 5.74) is 0. The minimum absolute atomic E-state index is 0.274. The minimum Gasteiger partial charge on any atom is -0.408 e. The van der Waals surface area contributed by atoms with Gasteiger partial charge in [-0.2, -0.15) is 0 Å². The van der Waals surface area contributed by atoms with Crippen molar-refractivity contribution in [2.75, 3.05) is 0 Å². The summed E-state index contributed by atoms with van der Waals surface area (Å²) in [6.45, 7) is 11.9. The first-order valence-corrected chi connectivity index (χ1v) is 16.4. The summed E-state index contributed by atoms with van der Waals surface area (Å²) in [4.78, 5) is 0. The Bertz CT molecular complexity index is 584. The third-order valence-electron chi connectivity index (χ3n) is 4.45. The van der Waals surface area contributed by atoms with Gasteiger partial charge in [0.25, 0.3) is 0 Å². The van der Waals surface area contributed by atoms with Gasteiger partial charge in [0.15, 0.2) is 0 Å². The lowest BCUT2D eigenvalue weighted by molar-refractivity contribution is 0.216. The van der Waals surface area contributed by atoms with Gasteiger partial charge < -0.3 is 4.43 Å². The van der Waals surface area contributed by atoms with Crippen LogP contribution < -0.4 is 10.4 Å². The van der Waals surface area contributed by atoms with Crippen molar-refractivity contribution in [1.82, 2.24) is 0 Å². The lowest BCUT2D eigenvalue weighted by atomic mass is 10.2. The van der Waals surface area contributed by atoms with Crippen LogP contribution in [-0.2, 0) is 4.43 Å². The standard InChI is InChI=1S/C20H29IOSi2/c1-17(21)16-18(2)22-24(23(3,4)5,19-12-8-6-9-13-19)20-14-10-7-11-15-20/h6-15,17-18H,16H2,1-5H3/t17?,18-/m1/s1. The van der Waals surface area contributed by atoms with Gasteiger partial charge in [-0.05, 0) is 23.7 Å². The van der Waals surface area contributed by atoms with E-state index in [2.05, 4.69) is 117 Å². The molecule has 1 unspecified atom stereocenters. The Kier molecular flexibility index (Phi) is 6.87. The first-order valence-electron chi connectivity index (χ1n) is 8.70. The van der Waals surface area contributed by atoms with Crippen molar-refractivity contribution >= 4 is 48.4 Å². The van der Waals surface area contributed by atoms with Gasteiger partial charge in [0.2, 0.25) is 7.83 Å². The molecule has 0 aromatic heterocycles. The van der Waals surface area contributed by atoms with Gasteiger partial charge in [-0.15, -0.1) is 0 Å². The van der Waals surface area contributed by atoms with Crippen LogP contribution in [0.25, 0.3) is 0 Å². The summed E-state index contributed by atoms with van der Waals surface area (Å²) in [7, 11) is -3.86. The predicted molar refractivity (Wildman–Crippen MR) is 120 cm³/mol. The third kappa shape index (κ3) is 4.39. The highest BCUT2D eigenvalue weighted by Crippen LogP contribution is 2.25. The van der Waals surface area contributed by atoms with Crippen molar-refractivity contribution in [2.24, 2.45) is 0 Å². The molecule has 0 spiro atoms. The Morgan fingerprint density at radius 2 is 1.25 bits per heavy atom. The fourth-order valence-corrected chi connectivity index (χ4v) is 16.8. The number of hydrogen-bond acceptors (Lipinski definition) is 1. The summed E-state index contributed by atoms with van der Waals surface area (Å²) >= 11 is 2.51. The molecule has 130 valence electrons. The van der Waals surface area contributed by atoms with Crippen LogP contribution in [0.1, 0.15) is 20.3 Å². The van der Waals surface area contributed by atoms with Crippen molar-refractivity contribution in [3.8, 4) is 0 Å². The topological polar surface area (TPSA) is 9.23 Å². The number of halogens is 1. The third-order valence-corrected chi connectivity index (χ3v) is 18.5. The highest BCUT2D eigenvalue weighted by Gasteiger charge is 2.51. The Balaban J connectivity index is 2.62. The molecule has 0 heterocycles. The second-order valence-corrected chi connectivity index (χ2v) is 23.6. The molecule has 2 rings (SSSR count). The SMILES string of the molecule is CC(I)C[C@@H](C)O[Si](c1ccccc1)(c1ccccc1)[Si](C)(C)C. The van der Waals surface area contributed by atoms with Gasteiger partial charge >= 0.3 is 0 Å². The second-order valence-electron chi connectivity index (χ2n) is 7.61. The molecule has 0 N–H and O–H groups in total. The fraction of sp³-hybridized carbons (Fsp3) is 0.400. The number of benzene rings is 2. The van der Waals surface area contributed by atoms with E-state index in [9.17, 15) is 0 Å². The molecule has 2 aromatic rings. The van der Waals surface area contributed by atoms with Crippen LogP contribution in [0.3, 0.4) is 0 Å². The first kappa shape index (κ1) is 19.9. The van der Waals surface area contributed by atoms with Crippen LogP contribution in [-0.4, -0.2) is 25.5 Å². The average Bonchev–Trinajstić information content (AvgIpc) is 2.52. The molecule has 2 atom stereocenters. The quantitative estimate of drug-likeness (QED) is 0.323. The van der Waals surface area contributed by atoms with Crippen LogP contribution >= 0.6 is 22.6 Å². The molecular formula is C20H29IOSi2. The Morgan fingerprint density at radius 1 is 0.833 bits per heavy atom. The maximum Gasteiger partial charge on any atom is 0.240 e. The zero-order valence-corrected chi connectivity index (χ0v) is 19.6. The summed E-state index contributed by atoms with van der Waals surface area (Å²) in [6.07, 6.45) is 1.37. The lowest BCUT2D eigenvalue weighted by Gasteiger charge is -2.44. The van der Waals surface area contributed by atoms with Gasteiger partial charge in [0.05, 0.1) is 7.59 Å². The van der Waals surface area contributed by atoms with Crippen LogP contribution in [0.4, 0.5) is 0 Å². The van der Waals surface area contributed by atoms with E-state index in [1.54, 1.807) is 0 Å². The van der Waals surface area contributed by atoms with Crippen LogP contribution in [0.15, 0.2) is 60.7 Å². The first-order chi connectivity index (χ1) is 11.3. The molecule has 24 heavy (non-hydrogen) atoms. The Morgan fingerprint density at radius 3 is 1.58 bits per heavy atom. The van der Waals surface area contributed by atoms with Gasteiger partial charge in [0, 0.05) is 10.0 Å². The molecule has 0 aliphatic heterocycles. The van der Waals surface area contributed by atoms with Crippen molar-refractivity contribution in [2.45, 2.75) is 49.9 Å². The molecule has 0 bridgehead atoms. The molecule has 0 radical (unpaired) electrons. The van der Waals surface area contributed by atoms with Crippen LogP contribution in [0.5, 0.6) is 0 Å². The monoisotopic (exact) mass is 468 g/mol. The van der Waals surface area contributed by atoms with Crippen LogP contribution in [0.2, 0.25) is 19.6 Å². The number of alkyl halides is 1. The maximum absolute atomic E-state index is 7.08. The van der Waals surface area contributed by atoms with Crippen molar-refractivity contribution in [3.05, 3.63) is 60.7 Å². The van der Waals surface area contributed by atoms with E-state index in [1.807, 2.05) is 0 Å². The van der Waals surface area contributed by atoms with E-state index >= 15 is 0 Å². The molecule has 0 fully saturated rings. The molecule has 4 heteroatoms. The van der Waals surface area contributed by atoms with E-state index in [-0.39, 0.29) is 6.10 Å². The van der Waals surface area contributed by atoms with E-state index in [1.165, 1.54) is 10.4 Å². The lowest BCUT2D eigenvalue weighted by Crippen LogP contribution is -2.75. The normalized spacial score (nSPS) is 15.1. The zero-order chi connectivity index (χ0) is 17.8. The highest BCUT2D eigenvalue weighted by atomic mass is 127. The zero-order valence-electron chi connectivity index (χ0n) is 15.4. The van der Waals surface area contributed by atoms with E-state index < -0.39 is 15.4 Å². The minimum atomic E-state index is -2.24. The average molecular weight is 469 g/mol. The van der Waals surface area contributed by atoms with Crippen molar-refractivity contribution in [1.29, 1.82) is 0 Å². The van der Waals surface area contributed by atoms with E-state index in [0.717, 1.165) is 6.42 Å². The van der Waals surface area contributed by atoms with Gasteiger partial charge in [-0.3, -0.25) is 0 Å². The predicted octanol–water partition coefficient (Wildman–Crippen LogP) is 4.78. The molecular weight excluding hydrogens is 439 g/mol. The maximum atomic E-state index is 7.08. The summed E-state index contributed by atoms with van der Waals surface area (Å²) in [5.74, 6) is 0. The molecule has 2 aromatic carbocycles. The molecule has 0 amide bonds. The summed E-state index contributed by atoms with van der Waals surface area (Å²) in [5, 5.41) is 2.84. The molecule has 1 nitrogen and oxygen atoms in total. The molecule has 0 aliphatic rings. The second kappa shape index (κ2) is 8.30. The van der Waals surface area contributed by atoms with Gasteiger partial charge in [0.1, 0.15) is 0 Å². The summed E-state index contributed by atoms with van der Waals surface area (Å²) in [6, 6.07) is 22.0. The van der Waals surface area contributed by atoms with Crippen molar-refractivity contribution < 1.29 is 4.43 Å². The number of rotatable bonds is 7. The largest absolute Gasteiger partial charge is 0.408 e. The fourth-order valence-electron chi connectivity index (χ4n) is 3.50.